The van der Waals surface area contributed by atoms with Crippen LogP contribution in [-0.2, 0) is 9.53 Å². The molecule has 1 aliphatic rings. The van der Waals surface area contributed by atoms with Gasteiger partial charge in [0.05, 0.1) is 5.54 Å². The summed E-state index contributed by atoms with van der Waals surface area (Å²) in [6.07, 6.45) is 3.41. The topological polar surface area (TPSA) is 55.4 Å². The molecule has 1 atom stereocenters. The first-order chi connectivity index (χ1) is 7.27. The molecule has 0 spiro atoms. The van der Waals surface area contributed by atoms with Gasteiger partial charge in [0.25, 0.3) is 0 Å². The number of hydrogen-bond donors (Lipinski definition) is 1. The Morgan fingerprint density at radius 3 is 2.19 bits per heavy atom. The molecule has 1 aliphatic carbocycles. The smallest absolute Gasteiger partial charge is 0.408 e. The van der Waals surface area contributed by atoms with E-state index in [2.05, 4.69) is 5.32 Å². The van der Waals surface area contributed by atoms with Gasteiger partial charge in [-0.2, -0.15) is 0 Å². The molecule has 0 saturated heterocycles. The zero-order valence-electron chi connectivity index (χ0n) is 10.5. The Morgan fingerprint density at radius 2 is 1.88 bits per heavy atom. The van der Waals surface area contributed by atoms with E-state index in [-0.39, 0.29) is 5.92 Å². The van der Waals surface area contributed by atoms with Gasteiger partial charge in [-0.05, 0) is 46.5 Å². The third kappa shape index (κ3) is 3.22. The van der Waals surface area contributed by atoms with Gasteiger partial charge in [-0.3, -0.25) is 0 Å². The molecule has 0 aromatic carbocycles. The van der Waals surface area contributed by atoms with Gasteiger partial charge in [0.1, 0.15) is 11.9 Å². The van der Waals surface area contributed by atoms with Crippen molar-refractivity contribution >= 4 is 12.4 Å². The van der Waals surface area contributed by atoms with Crippen molar-refractivity contribution in [3.63, 3.8) is 0 Å². The first kappa shape index (κ1) is 13.0. The van der Waals surface area contributed by atoms with Gasteiger partial charge in [-0.25, -0.2) is 4.79 Å². The van der Waals surface area contributed by atoms with Crippen molar-refractivity contribution < 1.29 is 14.3 Å². The van der Waals surface area contributed by atoms with Gasteiger partial charge in [0.15, 0.2) is 0 Å². The second-order valence-electron chi connectivity index (χ2n) is 5.66. The molecule has 1 fully saturated rings. The molecule has 16 heavy (non-hydrogen) atoms. The number of carbonyl (C=O) groups is 2. The van der Waals surface area contributed by atoms with E-state index < -0.39 is 17.2 Å². The summed E-state index contributed by atoms with van der Waals surface area (Å²) < 4.78 is 5.15. The van der Waals surface area contributed by atoms with Crippen LogP contribution in [0.5, 0.6) is 0 Å². The Morgan fingerprint density at radius 1 is 1.31 bits per heavy atom. The maximum absolute atomic E-state index is 11.6. The summed E-state index contributed by atoms with van der Waals surface area (Å²) in [5.74, 6) is 0.248. The third-order valence-electron chi connectivity index (χ3n) is 2.97. The largest absolute Gasteiger partial charge is 0.444 e. The quantitative estimate of drug-likeness (QED) is 0.752. The fourth-order valence-electron chi connectivity index (χ4n) is 1.76. The molecule has 1 unspecified atom stereocenters. The van der Waals surface area contributed by atoms with Crippen molar-refractivity contribution in [1.29, 1.82) is 0 Å². The van der Waals surface area contributed by atoms with Crippen LogP contribution >= 0.6 is 0 Å². The maximum atomic E-state index is 11.6. The number of amides is 1. The Kier molecular flexibility index (Phi) is 3.61. The SMILES string of the molecule is CC(C)(C)OC(=O)NC(C)(C=O)C1CCC1. The van der Waals surface area contributed by atoms with E-state index in [0.29, 0.717) is 0 Å². The van der Waals surface area contributed by atoms with Crippen molar-refractivity contribution in [2.45, 2.75) is 58.1 Å². The highest BCUT2D eigenvalue weighted by atomic mass is 16.6. The zero-order valence-corrected chi connectivity index (χ0v) is 10.5. The van der Waals surface area contributed by atoms with Crippen molar-refractivity contribution in [2.75, 3.05) is 0 Å². The minimum absolute atomic E-state index is 0.248. The van der Waals surface area contributed by atoms with Crippen LogP contribution in [0.2, 0.25) is 0 Å². The number of carbonyl (C=O) groups excluding carboxylic acids is 2. The van der Waals surface area contributed by atoms with Crippen LogP contribution in [-0.4, -0.2) is 23.5 Å². The molecule has 1 N–H and O–H groups in total. The number of aldehydes is 1. The Bertz CT molecular complexity index is 278. The van der Waals surface area contributed by atoms with E-state index in [0.717, 1.165) is 25.5 Å². The minimum atomic E-state index is -0.777. The normalized spacial score (nSPS) is 20.5. The van der Waals surface area contributed by atoms with Crippen LogP contribution in [0.25, 0.3) is 0 Å². The highest BCUT2D eigenvalue weighted by Gasteiger charge is 2.39. The third-order valence-corrected chi connectivity index (χ3v) is 2.97. The van der Waals surface area contributed by atoms with Crippen molar-refractivity contribution in [3.05, 3.63) is 0 Å². The van der Waals surface area contributed by atoms with Crippen LogP contribution < -0.4 is 5.32 Å². The Labute approximate surface area is 96.7 Å². The first-order valence-corrected chi connectivity index (χ1v) is 5.74. The van der Waals surface area contributed by atoms with E-state index in [1.54, 1.807) is 27.7 Å². The van der Waals surface area contributed by atoms with Gasteiger partial charge >= 0.3 is 6.09 Å². The minimum Gasteiger partial charge on any atom is -0.444 e. The van der Waals surface area contributed by atoms with Crippen LogP contribution in [0.15, 0.2) is 0 Å². The summed E-state index contributed by atoms with van der Waals surface area (Å²) in [4.78, 5) is 22.7. The summed E-state index contributed by atoms with van der Waals surface area (Å²) >= 11 is 0. The number of nitrogens with one attached hydrogen (secondary N) is 1. The van der Waals surface area contributed by atoms with Crippen LogP contribution in [0.4, 0.5) is 4.79 Å². The van der Waals surface area contributed by atoms with Crippen molar-refractivity contribution in [3.8, 4) is 0 Å². The van der Waals surface area contributed by atoms with E-state index in [4.69, 9.17) is 4.74 Å². The predicted molar refractivity (Wildman–Crippen MR) is 61.2 cm³/mol. The summed E-state index contributed by atoms with van der Waals surface area (Å²) in [5, 5.41) is 2.67. The molecular weight excluding hydrogens is 206 g/mol. The Balaban J connectivity index is 2.56. The second kappa shape index (κ2) is 4.44. The fourth-order valence-corrected chi connectivity index (χ4v) is 1.76. The molecule has 1 amide bonds. The molecule has 4 heteroatoms. The van der Waals surface area contributed by atoms with E-state index in [1.807, 2.05) is 0 Å². The van der Waals surface area contributed by atoms with E-state index in [1.165, 1.54) is 0 Å². The van der Waals surface area contributed by atoms with E-state index >= 15 is 0 Å². The van der Waals surface area contributed by atoms with Gasteiger partial charge < -0.3 is 14.8 Å². The molecule has 0 radical (unpaired) electrons. The molecular formula is C12H21NO3. The average molecular weight is 227 g/mol. The molecule has 0 aliphatic heterocycles. The van der Waals surface area contributed by atoms with Crippen LogP contribution in [0, 0.1) is 5.92 Å². The lowest BCUT2D eigenvalue weighted by molar-refractivity contribution is -0.116. The zero-order chi connectivity index (χ0) is 12.4. The van der Waals surface area contributed by atoms with Gasteiger partial charge in [0, 0.05) is 0 Å². The van der Waals surface area contributed by atoms with Crippen molar-refractivity contribution in [1.82, 2.24) is 5.32 Å². The molecule has 0 bridgehead atoms. The molecule has 0 aromatic heterocycles. The summed E-state index contributed by atoms with van der Waals surface area (Å²) in [6, 6.07) is 0. The molecule has 4 nitrogen and oxygen atoms in total. The van der Waals surface area contributed by atoms with Crippen molar-refractivity contribution in [2.24, 2.45) is 5.92 Å². The summed E-state index contributed by atoms with van der Waals surface area (Å²) in [6.45, 7) is 7.16. The number of hydrogen-bond acceptors (Lipinski definition) is 3. The number of alkyl carbamates (subject to hydrolysis) is 1. The van der Waals surface area contributed by atoms with Gasteiger partial charge in [0.2, 0.25) is 0 Å². The lowest BCUT2D eigenvalue weighted by atomic mass is 9.72. The highest BCUT2D eigenvalue weighted by molar-refractivity contribution is 5.76. The number of ether oxygens (including phenoxy) is 1. The monoisotopic (exact) mass is 227 g/mol. The molecule has 0 heterocycles. The second-order valence-corrected chi connectivity index (χ2v) is 5.66. The standard InChI is InChI=1S/C12H21NO3/c1-11(2,3)16-10(15)13-12(4,8-14)9-6-5-7-9/h8-9H,5-7H2,1-4H3,(H,13,15). The summed E-state index contributed by atoms with van der Waals surface area (Å²) in [5.41, 5.74) is -1.31. The average Bonchev–Trinajstić information content (AvgIpc) is 1.96. The predicted octanol–water partition coefficient (Wildman–Crippen LogP) is 2.27. The lowest BCUT2D eigenvalue weighted by Gasteiger charge is -2.39. The Hall–Kier alpha value is -1.06. The van der Waals surface area contributed by atoms with Gasteiger partial charge in [-0.15, -0.1) is 0 Å². The highest BCUT2D eigenvalue weighted by Crippen LogP contribution is 2.35. The van der Waals surface area contributed by atoms with Crippen LogP contribution in [0.1, 0.15) is 47.0 Å². The lowest BCUT2D eigenvalue weighted by Crippen LogP contribution is -2.55. The molecule has 92 valence electrons. The maximum Gasteiger partial charge on any atom is 0.408 e. The first-order valence-electron chi connectivity index (χ1n) is 5.74. The van der Waals surface area contributed by atoms with E-state index in [9.17, 15) is 9.59 Å². The number of rotatable bonds is 3. The van der Waals surface area contributed by atoms with Crippen LogP contribution in [0.3, 0.4) is 0 Å². The molecule has 1 saturated carbocycles. The fraction of sp³-hybridized carbons (Fsp3) is 0.833. The summed E-state index contributed by atoms with van der Waals surface area (Å²) in [7, 11) is 0. The molecule has 0 aromatic rings. The molecule has 1 rings (SSSR count). The van der Waals surface area contributed by atoms with Gasteiger partial charge in [-0.1, -0.05) is 6.42 Å².